The van der Waals surface area contributed by atoms with Crippen LogP contribution in [0.5, 0.6) is 5.75 Å². The molecule has 2 N–H and O–H groups in total. The number of aliphatic hydroxyl groups excluding tert-OH is 1. The normalized spacial score (nSPS) is 23.3. The summed E-state index contributed by atoms with van der Waals surface area (Å²) in [5.74, 6) is -1.88. The molecule has 30 heavy (non-hydrogen) atoms. The molecule has 8 heteroatoms. The van der Waals surface area contributed by atoms with Crippen molar-refractivity contribution in [2.75, 3.05) is 13.2 Å². The lowest BCUT2D eigenvalue weighted by molar-refractivity contribution is -0.140. The zero-order valence-corrected chi connectivity index (χ0v) is 17.4. The first kappa shape index (κ1) is 20.7. The number of carbonyl (C=O) groups is 2. The fourth-order valence-corrected chi connectivity index (χ4v) is 4.21. The minimum atomic E-state index is -0.865. The topological polar surface area (TPSA) is 87.1 Å². The monoisotopic (exact) mass is 447 g/mol. The lowest BCUT2D eigenvalue weighted by Crippen LogP contribution is -2.36. The second kappa shape index (κ2) is 8.30. The van der Waals surface area contributed by atoms with Crippen molar-refractivity contribution in [3.05, 3.63) is 69.2 Å². The van der Waals surface area contributed by atoms with E-state index in [2.05, 4.69) is 0 Å². The van der Waals surface area contributed by atoms with Gasteiger partial charge in [0.2, 0.25) is 0 Å². The van der Waals surface area contributed by atoms with E-state index >= 15 is 0 Å². The number of benzene rings is 2. The number of halogens is 2. The Kier molecular flexibility index (Phi) is 5.73. The molecule has 156 valence electrons. The molecule has 0 radical (unpaired) electrons. The summed E-state index contributed by atoms with van der Waals surface area (Å²) in [6.07, 6.45) is 1.48. The van der Waals surface area contributed by atoms with Gasteiger partial charge in [0, 0.05) is 18.7 Å². The van der Waals surface area contributed by atoms with Gasteiger partial charge in [0.1, 0.15) is 11.5 Å². The van der Waals surface area contributed by atoms with Crippen LogP contribution in [0.25, 0.3) is 5.76 Å². The van der Waals surface area contributed by atoms with Crippen molar-refractivity contribution in [3.8, 4) is 5.75 Å². The van der Waals surface area contributed by atoms with Crippen LogP contribution in [-0.4, -0.2) is 46.1 Å². The highest BCUT2D eigenvalue weighted by molar-refractivity contribution is 6.47. The second-order valence-corrected chi connectivity index (χ2v) is 8.12. The second-order valence-electron chi connectivity index (χ2n) is 7.31. The molecule has 6 nitrogen and oxygen atoms in total. The largest absolute Gasteiger partial charge is 0.508 e. The van der Waals surface area contributed by atoms with Crippen LogP contribution in [0.15, 0.2) is 48.0 Å². The molecule has 2 fully saturated rings. The fourth-order valence-electron chi connectivity index (χ4n) is 3.92. The maximum absolute atomic E-state index is 13.0. The van der Waals surface area contributed by atoms with Gasteiger partial charge in [-0.05, 0) is 48.7 Å². The van der Waals surface area contributed by atoms with E-state index in [1.165, 1.54) is 35.2 Å². The van der Waals surface area contributed by atoms with Crippen molar-refractivity contribution in [2.45, 2.75) is 25.0 Å². The lowest BCUT2D eigenvalue weighted by atomic mass is 9.95. The van der Waals surface area contributed by atoms with E-state index in [1.807, 2.05) is 0 Å². The van der Waals surface area contributed by atoms with Gasteiger partial charge in [-0.2, -0.15) is 0 Å². The summed E-state index contributed by atoms with van der Waals surface area (Å²) < 4.78 is 5.65. The van der Waals surface area contributed by atoms with Gasteiger partial charge in [-0.25, -0.2) is 0 Å². The Labute approximate surface area is 183 Å². The highest BCUT2D eigenvalue weighted by atomic mass is 35.5. The molecule has 2 aromatic rings. The summed E-state index contributed by atoms with van der Waals surface area (Å²) in [7, 11) is 0. The molecular formula is C22H19Cl2NO5. The van der Waals surface area contributed by atoms with Gasteiger partial charge in [-0.3, -0.25) is 9.59 Å². The van der Waals surface area contributed by atoms with Crippen LogP contribution in [0.2, 0.25) is 10.0 Å². The van der Waals surface area contributed by atoms with Crippen LogP contribution in [0, 0.1) is 0 Å². The fraction of sp³-hybridized carbons (Fsp3) is 0.273. The molecule has 2 aliphatic heterocycles. The predicted octanol–water partition coefficient (Wildman–Crippen LogP) is 4.30. The summed E-state index contributed by atoms with van der Waals surface area (Å²) in [6, 6.07) is 9.89. The van der Waals surface area contributed by atoms with Crippen molar-refractivity contribution in [1.82, 2.24) is 4.90 Å². The minimum Gasteiger partial charge on any atom is -0.508 e. The number of Topliss-reactive ketones (excluding diaryl/α,β-unsaturated/α-hetero) is 1. The van der Waals surface area contributed by atoms with Crippen molar-refractivity contribution < 1.29 is 24.5 Å². The molecule has 1 amide bonds. The summed E-state index contributed by atoms with van der Waals surface area (Å²) in [6.45, 7) is 0.817. The average Bonchev–Trinajstić information content (AvgIpc) is 3.32. The van der Waals surface area contributed by atoms with Gasteiger partial charge in [-0.1, -0.05) is 35.3 Å². The molecule has 2 aromatic carbocycles. The smallest absolute Gasteiger partial charge is 0.295 e. The molecule has 0 bridgehead atoms. The molecular weight excluding hydrogens is 429 g/mol. The van der Waals surface area contributed by atoms with E-state index in [9.17, 15) is 19.8 Å². The third kappa shape index (κ3) is 3.78. The number of rotatable bonds is 4. The van der Waals surface area contributed by atoms with Crippen molar-refractivity contribution in [3.63, 3.8) is 0 Å². The molecule has 0 aromatic heterocycles. The van der Waals surface area contributed by atoms with Crippen molar-refractivity contribution in [2.24, 2.45) is 0 Å². The van der Waals surface area contributed by atoms with Gasteiger partial charge in [-0.15, -0.1) is 0 Å². The minimum absolute atomic E-state index is 0.00950. The van der Waals surface area contributed by atoms with Crippen molar-refractivity contribution in [1.29, 1.82) is 0 Å². The third-order valence-electron chi connectivity index (χ3n) is 5.34. The number of nitrogens with zero attached hydrogens (tertiary/aromatic N) is 1. The van der Waals surface area contributed by atoms with Gasteiger partial charge in [0.15, 0.2) is 0 Å². The number of ether oxygens (including phenoxy) is 1. The Bertz CT molecular complexity index is 1050. The number of ketones is 1. The van der Waals surface area contributed by atoms with E-state index in [0.717, 1.165) is 12.8 Å². The van der Waals surface area contributed by atoms with Crippen LogP contribution in [0.1, 0.15) is 30.0 Å². The Morgan fingerprint density at radius 1 is 1.13 bits per heavy atom. The Balaban J connectivity index is 1.84. The van der Waals surface area contributed by atoms with Gasteiger partial charge in [0.05, 0.1) is 27.8 Å². The van der Waals surface area contributed by atoms with Gasteiger partial charge >= 0.3 is 0 Å². The number of aliphatic hydroxyl groups is 1. The molecule has 2 aliphatic rings. The van der Waals surface area contributed by atoms with Crippen LogP contribution in [0.3, 0.4) is 0 Å². The molecule has 4 rings (SSSR count). The predicted molar refractivity (Wildman–Crippen MR) is 113 cm³/mol. The van der Waals surface area contributed by atoms with Crippen LogP contribution in [0.4, 0.5) is 0 Å². The number of phenols is 1. The summed E-state index contributed by atoms with van der Waals surface area (Å²) in [5.41, 5.74) is 0.709. The van der Waals surface area contributed by atoms with Crippen LogP contribution >= 0.6 is 23.2 Å². The quantitative estimate of drug-likeness (QED) is 0.414. The van der Waals surface area contributed by atoms with Gasteiger partial charge < -0.3 is 19.8 Å². The third-order valence-corrected chi connectivity index (χ3v) is 6.08. The van der Waals surface area contributed by atoms with Crippen LogP contribution < -0.4 is 0 Å². The van der Waals surface area contributed by atoms with E-state index in [0.29, 0.717) is 17.2 Å². The number of amides is 1. The summed E-state index contributed by atoms with van der Waals surface area (Å²) >= 11 is 12.0. The maximum atomic E-state index is 13.0. The first-order valence-electron chi connectivity index (χ1n) is 9.51. The zero-order valence-electron chi connectivity index (χ0n) is 15.8. The molecule has 0 aliphatic carbocycles. The molecule has 2 unspecified atom stereocenters. The number of carbonyl (C=O) groups excluding carboxylic acids is 2. The Morgan fingerprint density at radius 3 is 2.60 bits per heavy atom. The number of hydrogen-bond acceptors (Lipinski definition) is 5. The summed E-state index contributed by atoms with van der Waals surface area (Å²) in [5, 5.41) is 21.5. The van der Waals surface area contributed by atoms with Gasteiger partial charge in [0.25, 0.3) is 11.7 Å². The highest BCUT2D eigenvalue weighted by Gasteiger charge is 2.47. The first-order valence-corrected chi connectivity index (χ1v) is 10.3. The molecule has 2 heterocycles. The SMILES string of the molecule is O=C1C(=O)N(CC2CCCO2)C(c2cccc(O)c2)/C1=C(/O)c1ccc(Cl)c(Cl)c1. The zero-order chi connectivity index (χ0) is 21.4. The molecule has 2 saturated heterocycles. The molecule has 0 spiro atoms. The molecule has 0 saturated carbocycles. The van der Waals surface area contributed by atoms with E-state index in [-0.39, 0.29) is 40.3 Å². The number of aromatic hydroxyl groups is 1. The average molecular weight is 448 g/mol. The lowest BCUT2D eigenvalue weighted by Gasteiger charge is -2.27. The first-order chi connectivity index (χ1) is 14.4. The van der Waals surface area contributed by atoms with E-state index in [1.54, 1.807) is 12.1 Å². The number of likely N-dealkylation sites (tertiary alicyclic amines) is 1. The highest BCUT2D eigenvalue weighted by Crippen LogP contribution is 2.41. The number of phenolic OH excluding ortho intramolecular Hbond substituents is 1. The standard InChI is InChI=1S/C22H19Cl2NO5/c23-16-7-6-13(10-17(16)24)20(27)18-19(12-3-1-4-14(26)9-12)25(22(29)21(18)28)11-15-5-2-8-30-15/h1,3-4,6-7,9-10,15,19,26-27H,2,5,8,11H2/b20-18-. The van der Waals surface area contributed by atoms with Crippen LogP contribution in [-0.2, 0) is 14.3 Å². The maximum Gasteiger partial charge on any atom is 0.295 e. The molecule has 2 atom stereocenters. The number of hydrogen-bond donors (Lipinski definition) is 2. The Hall–Kier alpha value is -2.54. The Morgan fingerprint density at radius 2 is 1.93 bits per heavy atom. The summed E-state index contributed by atoms with van der Waals surface area (Å²) in [4.78, 5) is 27.2. The van der Waals surface area contributed by atoms with Crippen molar-refractivity contribution >= 4 is 40.7 Å². The van der Waals surface area contributed by atoms with E-state index in [4.69, 9.17) is 27.9 Å². The van der Waals surface area contributed by atoms with E-state index < -0.39 is 17.7 Å².